The minimum absolute atomic E-state index is 0.0453. The predicted octanol–water partition coefficient (Wildman–Crippen LogP) is 0.647. The van der Waals surface area contributed by atoms with E-state index >= 15 is 0 Å². The summed E-state index contributed by atoms with van der Waals surface area (Å²) in [5.74, 6) is 0. The highest BCUT2D eigenvalue weighted by atomic mass is 16.6. The van der Waals surface area contributed by atoms with E-state index in [9.17, 15) is 10.1 Å². The first-order chi connectivity index (χ1) is 7.61. The number of aliphatic hydroxyl groups excluding tert-OH is 1. The van der Waals surface area contributed by atoms with Gasteiger partial charge in [-0.2, -0.15) is 5.26 Å². The van der Waals surface area contributed by atoms with E-state index in [1.165, 1.54) is 12.1 Å². The summed E-state index contributed by atoms with van der Waals surface area (Å²) in [5, 5.41) is 28.5. The van der Waals surface area contributed by atoms with Gasteiger partial charge in [-0.3, -0.25) is 10.1 Å². The van der Waals surface area contributed by atoms with Crippen LogP contribution in [0.2, 0.25) is 0 Å². The Labute approximate surface area is 91.5 Å². The molecular weight excluding hydrogens is 210 g/mol. The fourth-order valence-electron chi connectivity index (χ4n) is 1.64. The molecule has 1 N–H and O–H groups in total. The molecule has 16 heavy (non-hydrogen) atoms. The molecule has 0 aromatic heterocycles. The second kappa shape index (κ2) is 3.79. The summed E-state index contributed by atoms with van der Waals surface area (Å²) in [6.45, 7) is 1.01. The number of β-amino-alcohol motifs (C(OH)–C–C–N with tert-alkyl or cyclic N) is 1. The number of hydrogen-bond acceptors (Lipinski definition) is 5. The molecule has 1 aliphatic rings. The van der Waals surface area contributed by atoms with Gasteiger partial charge in [0.2, 0.25) is 0 Å². The number of nitriles is 1. The van der Waals surface area contributed by atoms with Crippen LogP contribution in [-0.4, -0.2) is 29.2 Å². The molecule has 0 saturated carbocycles. The zero-order valence-electron chi connectivity index (χ0n) is 8.33. The van der Waals surface area contributed by atoms with Crippen LogP contribution in [0, 0.1) is 21.4 Å². The maximum atomic E-state index is 10.6. The van der Waals surface area contributed by atoms with Crippen molar-refractivity contribution in [3.8, 4) is 6.07 Å². The van der Waals surface area contributed by atoms with Crippen molar-refractivity contribution >= 4 is 11.4 Å². The Kier molecular flexibility index (Phi) is 2.46. The van der Waals surface area contributed by atoms with Crippen molar-refractivity contribution in [3.63, 3.8) is 0 Å². The molecule has 1 saturated heterocycles. The van der Waals surface area contributed by atoms with Gasteiger partial charge in [-0.1, -0.05) is 0 Å². The zero-order chi connectivity index (χ0) is 11.7. The lowest BCUT2D eigenvalue weighted by Gasteiger charge is -2.37. The third-order valence-corrected chi connectivity index (χ3v) is 2.52. The van der Waals surface area contributed by atoms with Crippen molar-refractivity contribution in [1.29, 1.82) is 5.26 Å². The first kappa shape index (κ1) is 10.4. The average molecular weight is 219 g/mol. The predicted molar refractivity (Wildman–Crippen MR) is 56.0 cm³/mol. The van der Waals surface area contributed by atoms with Gasteiger partial charge < -0.3 is 10.0 Å². The van der Waals surface area contributed by atoms with Crippen LogP contribution in [-0.2, 0) is 0 Å². The minimum atomic E-state index is -0.576. The number of rotatable bonds is 2. The SMILES string of the molecule is N#Cc1cc(N2CC(O)C2)ccc1[N+](=O)[O-]. The van der Waals surface area contributed by atoms with E-state index in [1.54, 1.807) is 12.1 Å². The van der Waals surface area contributed by atoms with Gasteiger partial charge >= 0.3 is 0 Å². The molecule has 6 heteroatoms. The fourth-order valence-corrected chi connectivity index (χ4v) is 1.64. The van der Waals surface area contributed by atoms with E-state index in [-0.39, 0.29) is 17.4 Å². The van der Waals surface area contributed by atoms with E-state index in [4.69, 9.17) is 10.4 Å². The largest absolute Gasteiger partial charge is 0.389 e. The normalized spacial score (nSPS) is 15.4. The molecule has 1 aliphatic heterocycles. The highest BCUT2D eigenvalue weighted by Gasteiger charge is 2.26. The van der Waals surface area contributed by atoms with Gasteiger partial charge in [0.05, 0.1) is 11.0 Å². The second-order valence-corrected chi connectivity index (χ2v) is 3.63. The van der Waals surface area contributed by atoms with Crippen LogP contribution < -0.4 is 4.90 Å². The summed E-state index contributed by atoms with van der Waals surface area (Å²) < 4.78 is 0. The first-order valence-corrected chi connectivity index (χ1v) is 4.73. The number of nitro benzene ring substituents is 1. The molecule has 1 aromatic rings. The molecule has 0 atom stereocenters. The molecule has 1 fully saturated rings. The third-order valence-electron chi connectivity index (χ3n) is 2.52. The van der Waals surface area contributed by atoms with E-state index in [0.717, 1.165) is 5.69 Å². The summed E-state index contributed by atoms with van der Waals surface area (Å²) in [5.41, 5.74) is 0.587. The summed E-state index contributed by atoms with van der Waals surface area (Å²) in [6, 6.07) is 6.18. The van der Waals surface area contributed by atoms with Gasteiger partial charge in [0, 0.05) is 24.8 Å². The maximum Gasteiger partial charge on any atom is 0.287 e. The topological polar surface area (TPSA) is 90.4 Å². The zero-order valence-corrected chi connectivity index (χ0v) is 8.33. The number of benzene rings is 1. The van der Waals surface area contributed by atoms with Gasteiger partial charge in [0.25, 0.3) is 5.69 Å². The molecule has 0 bridgehead atoms. The number of anilines is 1. The molecule has 0 radical (unpaired) electrons. The lowest BCUT2D eigenvalue weighted by atomic mass is 10.1. The summed E-state index contributed by atoms with van der Waals surface area (Å²) >= 11 is 0. The molecule has 82 valence electrons. The van der Waals surface area contributed by atoms with Crippen LogP contribution in [0.1, 0.15) is 5.56 Å². The molecule has 6 nitrogen and oxygen atoms in total. The number of hydrogen-bond donors (Lipinski definition) is 1. The highest BCUT2D eigenvalue weighted by Crippen LogP contribution is 2.27. The molecule has 1 aromatic carbocycles. The fraction of sp³-hybridized carbons (Fsp3) is 0.300. The lowest BCUT2D eigenvalue weighted by molar-refractivity contribution is -0.385. The number of aliphatic hydroxyl groups is 1. The van der Waals surface area contributed by atoms with Crippen LogP contribution >= 0.6 is 0 Å². The molecule has 0 amide bonds. The highest BCUT2D eigenvalue weighted by molar-refractivity contribution is 5.60. The van der Waals surface area contributed by atoms with Crippen molar-refractivity contribution < 1.29 is 10.0 Å². The molecule has 0 unspecified atom stereocenters. The Bertz CT molecular complexity index is 475. The molecule has 0 aliphatic carbocycles. The van der Waals surface area contributed by atoms with Crippen molar-refractivity contribution in [2.75, 3.05) is 18.0 Å². The van der Waals surface area contributed by atoms with Crippen molar-refractivity contribution in [2.45, 2.75) is 6.10 Å². The molecule has 1 heterocycles. The third kappa shape index (κ3) is 1.68. The lowest BCUT2D eigenvalue weighted by Crippen LogP contribution is -2.50. The van der Waals surface area contributed by atoms with Gasteiger partial charge in [-0.15, -0.1) is 0 Å². The van der Waals surface area contributed by atoms with E-state index in [2.05, 4.69) is 0 Å². The Balaban J connectivity index is 2.31. The quantitative estimate of drug-likeness (QED) is 0.582. The molecule has 2 rings (SSSR count). The van der Waals surface area contributed by atoms with Gasteiger partial charge in [0.1, 0.15) is 11.6 Å². The summed E-state index contributed by atoms with van der Waals surface area (Å²) in [6.07, 6.45) is -0.347. The maximum absolute atomic E-state index is 10.6. The molecular formula is C10H9N3O3. The van der Waals surface area contributed by atoms with Crippen LogP contribution in [0.3, 0.4) is 0 Å². The molecule has 0 spiro atoms. The first-order valence-electron chi connectivity index (χ1n) is 4.73. The average Bonchev–Trinajstić information content (AvgIpc) is 2.23. The van der Waals surface area contributed by atoms with Crippen LogP contribution in [0.25, 0.3) is 0 Å². The summed E-state index contributed by atoms with van der Waals surface area (Å²) in [4.78, 5) is 11.9. The summed E-state index contributed by atoms with van der Waals surface area (Å²) in [7, 11) is 0. The number of nitro groups is 1. The van der Waals surface area contributed by atoms with E-state index in [1.807, 2.05) is 4.90 Å². The van der Waals surface area contributed by atoms with Crippen molar-refractivity contribution in [3.05, 3.63) is 33.9 Å². The van der Waals surface area contributed by atoms with E-state index in [0.29, 0.717) is 13.1 Å². The Morgan fingerprint density at radius 2 is 2.25 bits per heavy atom. The van der Waals surface area contributed by atoms with Gasteiger partial charge in [-0.25, -0.2) is 0 Å². The van der Waals surface area contributed by atoms with Crippen molar-refractivity contribution in [1.82, 2.24) is 0 Å². The van der Waals surface area contributed by atoms with E-state index < -0.39 is 4.92 Å². The minimum Gasteiger partial charge on any atom is -0.389 e. The second-order valence-electron chi connectivity index (χ2n) is 3.63. The van der Waals surface area contributed by atoms with Gasteiger partial charge in [0.15, 0.2) is 0 Å². The smallest absolute Gasteiger partial charge is 0.287 e. The Hall–Kier alpha value is -2.13. The Morgan fingerprint density at radius 1 is 1.56 bits per heavy atom. The Morgan fingerprint density at radius 3 is 2.75 bits per heavy atom. The monoisotopic (exact) mass is 219 g/mol. The van der Waals surface area contributed by atoms with Gasteiger partial charge in [-0.05, 0) is 12.1 Å². The van der Waals surface area contributed by atoms with Crippen LogP contribution in [0.5, 0.6) is 0 Å². The van der Waals surface area contributed by atoms with Crippen LogP contribution in [0.15, 0.2) is 18.2 Å². The van der Waals surface area contributed by atoms with Crippen LogP contribution in [0.4, 0.5) is 11.4 Å². The standard InChI is InChI=1S/C10H9N3O3/c11-4-7-3-8(12-5-9(14)6-12)1-2-10(7)13(15)16/h1-3,9,14H,5-6H2. The van der Waals surface area contributed by atoms with Crippen molar-refractivity contribution in [2.24, 2.45) is 0 Å². The number of nitrogens with zero attached hydrogens (tertiary/aromatic N) is 3.